The van der Waals surface area contributed by atoms with Gasteiger partial charge in [-0.05, 0) is 31.0 Å². The predicted octanol–water partition coefficient (Wildman–Crippen LogP) is 0.919. The highest BCUT2D eigenvalue weighted by molar-refractivity contribution is 7.90. The predicted molar refractivity (Wildman–Crippen MR) is 79.3 cm³/mol. The maximum absolute atomic E-state index is 12.2. The smallest absolute Gasteiger partial charge is 0.341 e. The Morgan fingerprint density at radius 3 is 2.68 bits per heavy atom. The lowest BCUT2D eigenvalue weighted by molar-refractivity contribution is -0.139. The first-order chi connectivity index (χ1) is 10.4. The van der Waals surface area contributed by atoms with Crippen molar-refractivity contribution in [2.45, 2.75) is 24.6 Å². The number of carbonyl (C=O) groups is 1. The number of ether oxygens (including phenoxy) is 2. The summed E-state index contributed by atoms with van der Waals surface area (Å²) in [5.41, 5.74) is 0.769. The van der Waals surface area contributed by atoms with Gasteiger partial charge in [0, 0.05) is 12.6 Å². The van der Waals surface area contributed by atoms with Crippen LogP contribution in [0.2, 0.25) is 0 Å². The van der Waals surface area contributed by atoms with Crippen molar-refractivity contribution in [3.63, 3.8) is 0 Å². The summed E-state index contributed by atoms with van der Waals surface area (Å²) in [6.07, 6.45) is 0.504. The standard InChI is InChI=1S/C14H19NO6S/c1-10(15-22(18,19)13-6-7-20-8-13)11-2-4-12(5-3-11)21-9-14(16)17/h2-5,10,13,15H,6-9H2,1H3,(H,16,17). The lowest BCUT2D eigenvalue weighted by Gasteiger charge is -2.17. The molecule has 2 N–H and O–H groups in total. The monoisotopic (exact) mass is 329 g/mol. The normalized spacial score (nSPS) is 19.8. The number of rotatable bonds is 7. The van der Waals surface area contributed by atoms with Gasteiger partial charge >= 0.3 is 5.97 Å². The third-order valence-corrected chi connectivity index (χ3v) is 5.34. The third-order valence-electron chi connectivity index (χ3n) is 3.41. The minimum atomic E-state index is -3.42. The largest absolute Gasteiger partial charge is 0.482 e. The molecule has 0 radical (unpaired) electrons. The van der Waals surface area contributed by atoms with E-state index >= 15 is 0 Å². The van der Waals surface area contributed by atoms with Crippen molar-refractivity contribution in [2.24, 2.45) is 0 Å². The second-order valence-corrected chi connectivity index (χ2v) is 7.11. The summed E-state index contributed by atoms with van der Waals surface area (Å²) in [4.78, 5) is 10.4. The van der Waals surface area contributed by atoms with E-state index in [-0.39, 0.29) is 12.6 Å². The van der Waals surface area contributed by atoms with Crippen LogP contribution in [0.1, 0.15) is 24.9 Å². The SMILES string of the molecule is CC(NS(=O)(=O)C1CCOC1)c1ccc(OCC(=O)O)cc1. The van der Waals surface area contributed by atoms with Crippen LogP contribution in [0.25, 0.3) is 0 Å². The number of hydrogen-bond acceptors (Lipinski definition) is 5. The van der Waals surface area contributed by atoms with E-state index in [1.165, 1.54) is 0 Å². The lowest BCUT2D eigenvalue weighted by Crippen LogP contribution is -2.36. The molecule has 2 atom stereocenters. The first-order valence-corrected chi connectivity index (χ1v) is 8.46. The molecule has 1 aliphatic rings. The molecule has 2 unspecified atom stereocenters. The minimum Gasteiger partial charge on any atom is -0.482 e. The summed E-state index contributed by atoms with van der Waals surface area (Å²) in [6.45, 7) is 2.03. The van der Waals surface area contributed by atoms with E-state index in [2.05, 4.69) is 4.72 Å². The molecule has 0 spiro atoms. The van der Waals surface area contributed by atoms with Gasteiger partial charge in [-0.15, -0.1) is 0 Å². The topological polar surface area (TPSA) is 102 Å². The van der Waals surface area contributed by atoms with E-state index in [1.54, 1.807) is 31.2 Å². The molecule has 1 aromatic rings. The van der Waals surface area contributed by atoms with Gasteiger partial charge in [-0.3, -0.25) is 0 Å². The minimum absolute atomic E-state index is 0.226. The van der Waals surface area contributed by atoms with Gasteiger partial charge in [-0.1, -0.05) is 12.1 Å². The highest BCUT2D eigenvalue weighted by Gasteiger charge is 2.30. The van der Waals surface area contributed by atoms with Crippen LogP contribution in [0.5, 0.6) is 5.75 Å². The fraction of sp³-hybridized carbons (Fsp3) is 0.500. The van der Waals surface area contributed by atoms with E-state index in [0.717, 1.165) is 5.56 Å². The van der Waals surface area contributed by atoms with Gasteiger partial charge in [0.25, 0.3) is 0 Å². The van der Waals surface area contributed by atoms with E-state index in [4.69, 9.17) is 14.6 Å². The van der Waals surface area contributed by atoms with Crippen molar-refractivity contribution >= 4 is 16.0 Å². The van der Waals surface area contributed by atoms with Gasteiger partial charge in [0.1, 0.15) is 11.0 Å². The molecule has 1 fully saturated rings. The van der Waals surface area contributed by atoms with Crippen LogP contribution in [0.15, 0.2) is 24.3 Å². The summed E-state index contributed by atoms with van der Waals surface area (Å²) in [5, 5.41) is 8.03. The number of aliphatic carboxylic acids is 1. The van der Waals surface area contributed by atoms with Crippen molar-refractivity contribution in [1.29, 1.82) is 0 Å². The molecule has 0 aliphatic carbocycles. The Balaban J connectivity index is 1.97. The summed E-state index contributed by atoms with van der Waals surface area (Å²) in [5.74, 6) is -0.630. The fourth-order valence-electron chi connectivity index (χ4n) is 2.17. The van der Waals surface area contributed by atoms with Crippen LogP contribution in [-0.2, 0) is 19.6 Å². The van der Waals surface area contributed by atoms with Crippen molar-refractivity contribution in [3.8, 4) is 5.75 Å². The molecule has 8 heteroatoms. The number of sulfonamides is 1. The Kier molecular flexibility index (Phi) is 5.38. The van der Waals surface area contributed by atoms with Gasteiger partial charge in [0.15, 0.2) is 6.61 Å². The van der Waals surface area contributed by atoms with Crippen molar-refractivity contribution < 1.29 is 27.8 Å². The first kappa shape index (κ1) is 16.7. The van der Waals surface area contributed by atoms with Crippen molar-refractivity contribution in [2.75, 3.05) is 19.8 Å². The molecule has 7 nitrogen and oxygen atoms in total. The molecular formula is C14H19NO6S. The fourth-order valence-corrected chi connectivity index (χ4v) is 3.67. The zero-order chi connectivity index (χ0) is 16.2. The molecule has 2 rings (SSSR count). The van der Waals surface area contributed by atoms with Crippen LogP contribution in [-0.4, -0.2) is 44.6 Å². The van der Waals surface area contributed by atoms with Crippen LogP contribution >= 0.6 is 0 Å². The number of carboxylic acids is 1. The molecule has 122 valence electrons. The molecule has 1 aliphatic heterocycles. The second-order valence-electron chi connectivity index (χ2n) is 5.12. The number of hydrogen-bond donors (Lipinski definition) is 2. The summed E-state index contributed by atoms with van der Waals surface area (Å²) in [7, 11) is -3.42. The summed E-state index contributed by atoms with van der Waals surface area (Å²) >= 11 is 0. The van der Waals surface area contributed by atoms with Crippen molar-refractivity contribution in [3.05, 3.63) is 29.8 Å². The molecule has 22 heavy (non-hydrogen) atoms. The van der Waals surface area contributed by atoms with Gasteiger partial charge in [-0.2, -0.15) is 0 Å². The first-order valence-electron chi connectivity index (χ1n) is 6.92. The Hall–Kier alpha value is -1.64. The Labute approximate surface area is 129 Å². The maximum Gasteiger partial charge on any atom is 0.341 e. The van der Waals surface area contributed by atoms with Gasteiger partial charge in [0.2, 0.25) is 10.0 Å². The number of carboxylic acid groups (broad SMARTS) is 1. The molecule has 1 heterocycles. The molecule has 0 saturated carbocycles. The van der Waals surface area contributed by atoms with Crippen LogP contribution in [0.3, 0.4) is 0 Å². The Bertz CT molecular complexity index is 607. The van der Waals surface area contributed by atoms with Gasteiger partial charge in [0.05, 0.1) is 6.61 Å². The van der Waals surface area contributed by atoms with E-state index in [0.29, 0.717) is 18.8 Å². The summed E-state index contributed by atoms with van der Waals surface area (Å²) in [6, 6.07) is 6.24. The Morgan fingerprint density at radius 1 is 1.45 bits per heavy atom. The highest BCUT2D eigenvalue weighted by atomic mass is 32.2. The third kappa shape index (κ3) is 4.43. The highest BCUT2D eigenvalue weighted by Crippen LogP contribution is 2.20. The van der Waals surface area contributed by atoms with Crippen LogP contribution < -0.4 is 9.46 Å². The van der Waals surface area contributed by atoms with E-state index < -0.39 is 27.8 Å². The van der Waals surface area contributed by atoms with E-state index in [1.807, 2.05) is 0 Å². The average molecular weight is 329 g/mol. The molecule has 1 aromatic carbocycles. The average Bonchev–Trinajstić information content (AvgIpc) is 3.00. The summed E-state index contributed by atoms with van der Waals surface area (Å²) < 4.78 is 37.1. The number of nitrogens with one attached hydrogen (secondary N) is 1. The van der Waals surface area contributed by atoms with Gasteiger partial charge in [-0.25, -0.2) is 17.9 Å². The van der Waals surface area contributed by atoms with Crippen LogP contribution in [0.4, 0.5) is 0 Å². The number of benzene rings is 1. The molecular weight excluding hydrogens is 310 g/mol. The van der Waals surface area contributed by atoms with E-state index in [9.17, 15) is 13.2 Å². The quantitative estimate of drug-likeness (QED) is 0.771. The maximum atomic E-state index is 12.2. The molecule has 0 bridgehead atoms. The molecule has 0 amide bonds. The second kappa shape index (κ2) is 7.08. The zero-order valence-electron chi connectivity index (χ0n) is 12.2. The van der Waals surface area contributed by atoms with Crippen LogP contribution in [0, 0.1) is 0 Å². The lowest BCUT2D eigenvalue weighted by atomic mass is 10.1. The van der Waals surface area contributed by atoms with Crippen molar-refractivity contribution in [1.82, 2.24) is 4.72 Å². The molecule has 0 aromatic heterocycles. The Morgan fingerprint density at radius 2 is 2.14 bits per heavy atom. The van der Waals surface area contributed by atoms with Gasteiger partial charge < -0.3 is 14.6 Å². The molecule has 1 saturated heterocycles. The zero-order valence-corrected chi connectivity index (χ0v) is 13.0.